The molecule has 0 saturated carbocycles. The van der Waals surface area contributed by atoms with Crippen LogP contribution in [0.15, 0.2) is 24.3 Å². The maximum absolute atomic E-state index is 11.6. The van der Waals surface area contributed by atoms with E-state index in [0.717, 1.165) is 31.2 Å². The van der Waals surface area contributed by atoms with Gasteiger partial charge in [0.2, 0.25) is 0 Å². The summed E-state index contributed by atoms with van der Waals surface area (Å²) in [7, 11) is 0. The first-order chi connectivity index (χ1) is 11.1. The second kappa shape index (κ2) is 11.9. The first-order valence-corrected chi connectivity index (χ1v) is 8.56. The maximum Gasteiger partial charge on any atom is 0.306 e. The van der Waals surface area contributed by atoms with Crippen molar-refractivity contribution in [3.05, 3.63) is 34.9 Å². The normalized spacial score (nSPS) is 10.3. The number of ether oxygens (including phenoxy) is 2. The quantitative estimate of drug-likeness (QED) is 0.444. The van der Waals surface area contributed by atoms with Crippen molar-refractivity contribution in [2.75, 3.05) is 13.2 Å². The van der Waals surface area contributed by atoms with Gasteiger partial charge < -0.3 is 9.47 Å². The van der Waals surface area contributed by atoms with Crippen molar-refractivity contribution in [1.29, 1.82) is 0 Å². The predicted molar refractivity (Wildman–Crippen MR) is 90.5 cm³/mol. The molecule has 0 aliphatic carbocycles. The third-order valence-electron chi connectivity index (χ3n) is 3.39. The molecule has 0 radical (unpaired) electrons. The van der Waals surface area contributed by atoms with E-state index in [9.17, 15) is 9.59 Å². The first-order valence-electron chi connectivity index (χ1n) is 8.18. The molecule has 0 atom stereocenters. The van der Waals surface area contributed by atoms with Crippen molar-refractivity contribution >= 4 is 23.5 Å². The number of hydrogen-bond donors (Lipinski definition) is 0. The number of hydrogen-bond acceptors (Lipinski definition) is 4. The minimum Gasteiger partial charge on any atom is -0.466 e. The highest BCUT2D eigenvalue weighted by atomic mass is 35.5. The van der Waals surface area contributed by atoms with E-state index in [1.54, 1.807) is 6.07 Å². The van der Waals surface area contributed by atoms with Crippen LogP contribution in [-0.4, -0.2) is 25.2 Å². The molecule has 128 valence electrons. The highest BCUT2D eigenvalue weighted by molar-refractivity contribution is 6.31. The average molecular weight is 341 g/mol. The number of esters is 2. The third-order valence-corrected chi connectivity index (χ3v) is 3.76. The van der Waals surface area contributed by atoms with E-state index in [4.69, 9.17) is 21.1 Å². The van der Waals surface area contributed by atoms with Crippen molar-refractivity contribution in [2.45, 2.75) is 51.9 Å². The first kappa shape index (κ1) is 19.5. The monoisotopic (exact) mass is 340 g/mol. The average Bonchev–Trinajstić information content (AvgIpc) is 2.54. The van der Waals surface area contributed by atoms with Crippen LogP contribution in [-0.2, 0) is 25.5 Å². The van der Waals surface area contributed by atoms with Crippen molar-refractivity contribution in [3.8, 4) is 0 Å². The standard InChI is InChI=1S/C18H25ClO4/c1-2-3-4-7-13-22-17(20)10-11-18(21)23-14-12-15-8-5-6-9-16(15)19/h5-6,8-9H,2-4,7,10-14H2,1H3. The zero-order valence-electron chi connectivity index (χ0n) is 13.7. The SMILES string of the molecule is CCCCCCOC(=O)CCC(=O)OCCc1ccccc1Cl. The largest absolute Gasteiger partial charge is 0.466 e. The van der Waals surface area contributed by atoms with Crippen LogP contribution < -0.4 is 0 Å². The summed E-state index contributed by atoms with van der Waals surface area (Å²) < 4.78 is 10.2. The van der Waals surface area contributed by atoms with E-state index in [2.05, 4.69) is 6.92 Å². The van der Waals surface area contributed by atoms with E-state index >= 15 is 0 Å². The molecule has 0 aliphatic rings. The van der Waals surface area contributed by atoms with Gasteiger partial charge >= 0.3 is 11.9 Å². The number of carbonyl (C=O) groups is 2. The molecular weight excluding hydrogens is 316 g/mol. The van der Waals surface area contributed by atoms with Gasteiger partial charge in [0.15, 0.2) is 0 Å². The molecule has 5 heteroatoms. The van der Waals surface area contributed by atoms with Crippen LogP contribution in [0.3, 0.4) is 0 Å². The Balaban J connectivity index is 2.07. The molecule has 1 aromatic rings. The second-order valence-electron chi connectivity index (χ2n) is 5.34. The molecule has 0 unspecified atom stereocenters. The fourth-order valence-corrected chi connectivity index (χ4v) is 2.27. The maximum atomic E-state index is 11.6. The fourth-order valence-electron chi connectivity index (χ4n) is 2.04. The molecular formula is C18H25ClO4. The Hall–Kier alpha value is -1.55. The summed E-state index contributed by atoms with van der Waals surface area (Å²) in [5.74, 6) is -0.732. The van der Waals surface area contributed by atoms with Crippen molar-refractivity contribution in [2.24, 2.45) is 0 Å². The lowest BCUT2D eigenvalue weighted by Gasteiger charge is -2.07. The number of halogens is 1. The molecule has 0 aromatic heterocycles. The summed E-state index contributed by atoms with van der Waals surface area (Å²) in [5, 5.41) is 0.662. The molecule has 0 amide bonds. The topological polar surface area (TPSA) is 52.6 Å². The van der Waals surface area contributed by atoms with Crippen LogP contribution in [0.5, 0.6) is 0 Å². The van der Waals surface area contributed by atoms with Crippen LogP contribution in [0, 0.1) is 0 Å². The van der Waals surface area contributed by atoms with Crippen LogP contribution in [0.4, 0.5) is 0 Å². The molecule has 1 aromatic carbocycles. The van der Waals surface area contributed by atoms with Gasteiger partial charge in [0.1, 0.15) is 0 Å². The van der Waals surface area contributed by atoms with E-state index < -0.39 is 0 Å². The Labute approximate surface area is 143 Å². The van der Waals surface area contributed by atoms with Crippen molar-refractivity contribution in [1.82, 2.24) is 0 Å². The fraction of sp³-hybridized carbons (Fsp3) is 0.556. The summed E-state index contributed by atoms with van der Waals surface area (Å²) in [4.78, 5) is 23.0. The van der Waals surface area contributed by atoms with E-state index in [0.29, 0.717) is 18.1 Å². The summed E-state index contributed by atoms with van der Waals surface area (Å²) in [6.45, 7) is 2.82. The summed E-state index contributed by atoms with van der Waals surface area (Å²) >= 11 is 6.02. The van der Waals surface area contributed by atoms with Gasteiger partial charge in [-0.2, -0.15) is 0 Å². The molecule has 4 nitrogen and oxygen atoms in total. The predicted octanol–water partition coefficient (Wildman–Crippen LogP) is 4.33. The Kier molecular flexibility index (Phi) is 10.1. The molecule has 0 spiro atoms. The Morgan fingerprint density at radius 3 is 2.26 bits per heavy atom. The van der Waals surface area contributed by atoms with E-state index in [-0.39, 0.29) is 31.4 Å². The smallest absolute Gasteiger partial charge is 0.306 e. The molecule has 0 heterocycles. The lowest BCUT2D eigenvalue weighted by atomic mass is 10.2. The minimum absolute atomic E-state index is 0.0519. The minimum atomic E-state index is -0.389. The molecule has 1 rings (SSSR count). The summed E-state index contributed by atoms with van der Waals surface area (Å²) in [5.41, 5.74) is 0.938. The van der Waals surface area contributed by atoms with Crippen LogP contribution in [0.2, 0.25) is 5.02 Å². The van der Waals surface area contributed by atoms with Crippen LogP contribution in [0.1, 0.15) is 51.0 Å². The molecule has 0 N–H and O–H groups in total. The molecule has 0 aliphatic heterocycles. The highest BCUT2D eigenvalue weighted by Gasteiger charge is 2.09. The third kappa shape index (κ3) is 9.24. The molecule has 0 saturated heterocycles. The lowest BCUT2D eigenvalue weighted by molar-refractivity contribution is -0.150. The van der Waals surface area contributed by atoms with E-state index in [1.807, 2.05) is 18.2 Å². The molecule has 23 heavy (non-hydrogen) atoms. The van der Waals surface area contributed by atoms with Gasteiger partial charge in [-0.15, -0.1) is 0 Å². The summed E-state index contributed by atoms with van der Waals surface area (Å²) in [6.07, 6.45) is 4.92. The Morgan fingerprint density at radius 2 is 1.61 bits per heavy atom. The number of unbranched alkanes of at least 4 members (excludes halogenated alkanes) is 3. The lowest BCUT2D eigenvalue weighted by Crippen LogP contribution is -2.12. The van der Waals surface area contributed by atoms with Crippen molar-refractivity contribution < 1.29 is 19.1 Å². The van der Waals surface area contributed by atoms with Crippen LogP contribution >= 0.6 is 11.6 Å². The molecule has 0 fully saturated rings. The zero-order valence-corrected chi connectivity index (χ0v) is 14.4. The highest BCUT2D eigenvalue weighted by Crippen LogP contribution is 2.15. The van der Waals surface area contributed by atoms with Gasteiger partial charge in [-0.1, -0.05) is 56.0 Å². The summed E-state index contributed by atoms with van der Waals surface area (Å²) in [6, 6.07) is 7.44. The van der Waals surface area contributed by atoms with Crippen molar-refractivity contribution in [3.63, 3.8) is 0 Å². The van der Waals surface area contributed by atoms with Gasteiger partial charge in [-0.25, -0.2) is 0 Å². The van der Waals surface area contributed by atoms with Gasteiger partial charge in [-0.3, -0.25) is 9.59 Å². The Bertz CT molecular complexity index is 488. The van der Waals surface area contributed by atoms with Gasteiger partial charge in [0.25, 0.3) is 0 Å². The second-order valence-corrected chi connectivity index (χ2v) is 5.75. The molecule has 0 bridgehead atoms. The number of rotatable bonds is 11. The number of carbonyl (C=O) groups excluding carboxylic acids is 2. The van der Waals surface area contributed by atoms with Gasteiger partial charge in [0.05, 0.1) is 26.1 Å². The Morgan fingerprint density at radius 1 is 0.957 bits per heavy atom. The number of benzene rings is 1. The zero-order chi connectivity index (χ0) is 16.9. The van der Waals surface area contributed by atoms with Gasteiger partial charge in [-0.05, 0) is 18.1 Å². The van der Waals surface area contributed by atoms with Crippen LogP contribution in [0.25, 0.3) is 0 Å². The van der Waals surface area contributed by atoms with Gasteiger partial charge in [0, 0.05) is 11.4 Å². The van der Waals surface area contributed by atoms with E-state index in [1.165, 1.54) is 0 Å².